The molecule has 570 valence electrons. The molecule has 6 aliphatic heterocycles. The van der Waals surface area contributed by atoms with Gasteiger partial charge in [0.25, 0.3) is 0 Å². The van der Waals surface area contributed by atoms with Gasteiger partial charge in [-0.25, -0.2) is 41.8 Å². The van der Waals surface area contributed by atoms with Gasteiger partial charge in [0.05, 0.1) is 78.4 Å². The van der Waals surface area contributed by atoms with Crippen molar-refractivity contribution in [2.24, 2.45) is 0 Å². The fourth-order valence-electron chi connectivity index (χ4n) is 10.9. The van der Waals surface area contributed by atoms with E-state index < -0.39 is 95.8 Å². The Morgan fingerprint density at radius 1 is 0.471 bits per heavy atom. The number of nitrogens with two attached hydrogens (primary N) is 3. The van der Waals surface area contributed by atoms with Crippen molar-refractivity contribution in [3.05, 3.63) is 19.0 Å². The van der Waals surface area contributed by atoms with E-state index in [0.717, 1.165) is 0 Å². The lowest BCUT2D eigenvalue weighted by Crippen LogP contribution is -2.44. The van der Waals surface area contributed by atoms with Crippen LogP contribution in [0.4, 0.5) is 31.0 Å². The van der Waals surface area contributed by atoms with Crippen LogP contribution in [0.25, 0.3) is 33.5 Å². The maximum Gasteiger partial charge on any atom is 0.475 e. The molecule has 0 aliphatic carbocycles. The first-order valence-corrected chi connectivity index (χ1v) is 43.7. The van der Waals surface area contributed by atoms with Gasteiger partial charge in [-0.3, -0.25) is 54.4 Å². The van der Waals surface area contributed by atoms with E-state index in [9.17, 15) is 13.7 Å². The Hall–Kier alpha value is -3.45. The van der Waals surface area contributed by atoms with Gasteiger partial charge in [0, 0.05) is 31.5 Å². The van der Waals surface area contributed by atoms with Gasteiger partial charge in [-0.2, -0.15) is 29.9 Å². The van der Waals surface area contributed by atoms with Crippen LogP contribution >= 0.6 is 88.2 Å². The molecule has 0 amide bonds. The van der Waals surface area contributed by atoms with E-state index in [4.69, 9.17) is 86.3 Å². The summed E-state index contributed by atoms with van der Waals surface area (Å²) in [7, 11) is -2.03. The minimum absolute atomic E-state index is 0.0475. The SMILES string of the molecule is CCOc1nc(N)nc2c1ncn2[C@@H]1O[C@@H]2COP(=O)(OCCSSC(C)(C)C)O[C@H]2[C@@]1(C)F.CCOc1nc(N)nc2c1ncn2[C@@H]1O[C@@H]2CO[P@@](=O)(OCCSSC(C)(C)C)O[C@H]2[C@@]1(C)F.CCOc1nc(N)nc2c1ncn2[C@@H]1O[C@@H]2CO[P@](=O)(OCCSSC(C)(C)C)O[C@H]2[C@@]1(C)F. The van der Waals surface area contributed by atoms with Crippen molar-refractivity contribution in [3.63, 3.8) is 0 Å². The van der Waals surface area contributed by atoms with Gasteiger partial charge in [-0.05, 0) is 41.5 Å². The number of hydrogen-bond donors (Lipinski definition) is 3. The molecule has 12 heterocycles. The molecule has 1 unspecified atom stereocenters. The normalized spacial score (nSPS) is 31.6. The summed E-state index contributed by atoms with van der Waals surface area (Å²) in [6.45, 7) is 29.2. The van der Waals surface area contributed by atoms with Crippen molar-refractivity contribution in [2.45, 2.75) is 190 Å². The fourth-order valence-corrected chi connectivity index (χ4v) is 21.9. The molecule has 6 aromatic heterocycles. The first-order valence-electron chi connectivity index (χ1n) is 32.4. The third-order valence-electron chi connectivity index (χ3n) is 15.0. The highest BCUT2D eigenvalue weighted by molar-refractivity contribution is 8.77. The summed E-state index contributed by atoms with van der Waals surface area (Å²) < 4.78 is 175. The summed E-state index contributed by atoms with van der Waals surface area (Å²) in [5.74, 6) is 2.16. The number of rotatable bonds is 24. The van der Waals surface area contributed by atoms with Crippen molar-refractivity contribution in [1.29, 1.82) is 0 Å². The zero-order valence-corrected chi connectivity index (χ0v) is 66.4. The molecular weight excluding hydrogens is 1530 g/mol. The number of halogens is 3. The molecule has 6 N–H and O–H groups in total. The van der Waals surface area contributed by atoms with Gasteiger partial charge in [-0.15, -0.1) is 0 Å². The zero-order chi connectivity index (χ0) is 74.2. The number of phosphoric ester groups is 3. The Labute approximate surface area is 611 Å². The van der Waals surface area contributed by atoms with E-state index in [1.807, 2.05) is 0 Å². The van der Waals surface area contributed by atoms with Crippen LogP contribution in [0.2, 0.25) is 0 Å². The summed E-state index contributed by atoms with van der Waals surface area (Å²) >= 11 is 0. The number of fused-ring (bicyclic) bond motifs is 6. The average Bonchev–Trinajstić information content (AvgIpc) is 1.59. The zero-order valence-electron chi connectivity index (χ0n) is 58.8. The summed E-state index contributed by atoms with van der Waals surface area (Å²) in [4.78, 5) is 37.5. The van der Waals surface area contributed by atoms with Crippen LogP contribution in [-0.2, 0) is 68.6 Å². The third kappa shape index (κ3) is 19.0. The van der Waals surface area contributed by atoms with Crippen molar-refractivity contribution in [1.82, 2.24) is 58.6 Å². The Balaban J connectivity index is 0.000000165. The summed E-state index contributed by atoms with van der Waals surface area (Å²) in [5, 5.41) is 0. The summed E-state index contributed by atoms with van der Waals surface area (Å²) in [6, 6.07) is 0. The summed E-state index contributed by atoms with van der Waals surface area (Å²) in [6.07, 6.45) is -5.41. The molecule has 15 atom stereocenters. The van der Waals surface area contributed by atoms with Gasteiger partial charge >= 0.3 is 23.5 Å². The quantitative estimate of drug-likeness (QED) is 0.0288. The van der Waals surface area contributed by atoms with E-state index in [1.54, 1.807) is 85.5 Å². The number of nitrogen functional groups attached to an aromatic ring is 3. The van der Waals surface area contributed by atoms with Crippen molar-refractivity contribution >= 4 is 140 Å². The van der Waals surface area contributed by atoms with Crippen molar-refractivity contribution < 1.29 is 96.0 Å². The molecule has 6 aliphatic rings. The van der Waals surface area contributed by atoms with Crippen LogP contribution in [0.3, 0.4) is 0 Å². The van der Waals surface area contributed by atoms with Crippen LogP contribution in [0.5, 0.6) is 17.6 Å². The molecule has 0 radical (unpaired) electrons. The molecule has 6 fully saturated rings. The minimum atomic E-state index is -3.95. The number of ether oxygens (including phenoxy) is 6. The first-order chi connectivity index (χ1) is 47.8. The van der Waals surface area contributed by atoms with Gasteiger partial charge < -0.3 is 45.6 Å². The van der Waals surface area contributed by atoms with Gasteiger partial charge in [0.1, 0.15) is 36.6 Å². The third-order valence-corrected chi connectivity index (χ3v) is 29.2. The molecule has 33 nitrogen and oxygen atoms in total. The van der Waals surface area contributed by atoms with Crippen molar-refractivity contribution in [3.8, 4) is 17.6 Å². The van der Waals surface area contributed by atoms with E-state index in [2.05, 4.69) is 107 Å². The molecule has 0 spiro atoms. The minimum Gasteiger partial charge on any atom is -0.476 e. The number of alkyl halides is 3. The highest BCUT2D eigenvalue weighted by Gasteiger charge is 2.65. The predicted molar refractivity (Wildman–Crippen MR) is 386 cm³/mol. The second-order valence-electron chi connectivity index (χ2n) is 26.8. The number of imidazole rings is 3. The second kappa shape index (κ2) is 32.4. The molecule has 12 rings (SSSR count). The average molecular weight is 1610 g/mol. The molecule has 0 saturated carbocycles. The number of anilines is 3. The molecule has 102 heavy (non-hydrogen) atoms. The van der Waals surface area contributed by atoms with E-state index in [0.29, 0.717) is 53.6 Å². The monoisotopic (exact) mass is 1610 g/mol. The predicted octanol–water partition coefficient (Wildman–Crippen LogP) is 12.5. The van der Waals surface area contributed by atoms with Crippen molar-refractivity contribution in [2.75, 3.05) is 93.9 Å². The second-order valence-corrected chi connectivity index (χ2v) is 41.4. The molecule has 6 saturated heterocycles. The summed E-state index contributed by atoms with van der Waals surface area (Å²) in [5.41, 5.74) is 12.8. The number of hydrogen-bond acceptors (Lipinski definition) is 36. The standard InChI is InChI=1S/3C19H29FN5O6PS2/c3*1-6-27-15-12-14(23-17(21)24-15)25(10-22-12)16-19(5,20)13-11(30-16)9-29-32(26,31-13)28-7-8-33-34-18(2,3)4/h3*10-11,13,16H,6-9H2,1-5H3,(H2,21,23,24)/t11-,13-,16-,19-,32?;11-,13-,16-,19-,32+;11-,13-,16-,19-,32-/m111/s1. The van der Waals surface area contributed by atoms with Crippen LogP contribution in [0, 0.1) is 0 Å². The van der Waals surface area contributed by atoms with Crippen LogP contribution in [0.15, 0.2) is 19.0 Å². The number of phosphoric acid groups is 3. The lowest BCUT2D eigenvalue weighted by atomic mass is 9.98. The van der Waals surface area contributed by atoms with Crippen LogP contribution in [-0.4, -0.2) is 203 Å². The molecule has 0 bridgehead atoms. The molecular formula is C57H87F3N15O18P3S6. The molecule has 45 heteroatoms. The highest BCUT2D eigenvalue weighted by atomic mass is 33.1. The fraction of sp³-hybridized carbons (Fsp3) is 0.737. The molecule has 0 aromatic carbocycles. The van der Waals surface area contributed by atoms with Crippen LogP contribution < -0.4 is 31.4 Å². The van der Waals surface area contributed by atoms with Gasteiger partial charge in [0.2, 0.25) is 35.5 Å². The smallest absolute Gasteiger partial charge is 0.475 e. The van der Waals surface area contributed by atoms with E-state index in [-0.39, 0.29) is 106 Å². The van der Waals surface area contributed by atoms with Gasteiger partial charge in [-0.1, -0.05) is 127 Å². The Kier molecular flexibility index (Phi) is 25.7. The maximum absolute atomic E-state index is 16.1. The largest absolute Gasteiger partial charge is 0.476 e. The van der Waals surface area contributed by atoms with E-state index in [1.165, 1.54) is 53.5 Å². The Morgan fingerprint density at radius 3 is 0.961 bits per heavy atom. The number of aromatic nitrogens is 12. The number of nitrogens with zero attached hydrogens (tertiary/aromatic N) is 12. The van der Waals surface area contributed by atoms with Crippen LogP contribution in [0.1, 0.15) is 123 Å². The van der Waals surface area contributed by atoms with Gasteiger partial charge in [0.15, 0.2) is 69.2 Å². The highest BCUT2D eigenvalue weighted by Crippen LogP contribution is 2.63. The Bertz CT molecular complexity index is 3650. The lowest BCUT2D eigenvalue weighted by molar-refractivity contribution is -0.0702. The lowest BCUT2D eigenvalue weighted by Gasteiger charge is -2.33. The Morgan fingerprint density at radius 2 is 0.725 bits per heavy atom. The maximum atomic E-state index is 16.1. The first kappa shape index (κ1) is 81.1. The van der Waals surface area contributed by atoms with E-state index >= 15 is 13.2 Å². The topological polar surface area (TPSA) is 399 Å². The molecule has 6 aromatic rings.